The van der Waals surface area contributed by atoms with Gasteiger partial charge in [-0.25, -0.2) is 13.1 Å². The molecule has 0 bridgehead atoms. The third-order valence-corrected chi connectivity index (χ3v) is 5.47. The molecular formula is C14H24N2O4S. The summed E-state index contributed by atoms with van der Waals surface area (Å²) < 4.78 is 38.7. The highest BCUT2D eigenvalue weighted by atomic mass is 32.2. The van der Waals surface area contributed by atoms with Crippen LogP contribution in [0.15, 0.2) is 9.31 Å². The van der Waals surface area contributed by atoms with Gasteiger partial charge in [0.2, 0.25) is 10.0 Å². The van der Waals surface area contributed by atoms with Crippen LogP contribution in [0.5, 0.6) is 0 Å². The minimum absolute atomic E-state index is 0.279. The van der Waals surface area contributed by atoms with Crippen LogP contribution in [-0.4, -0.2) is 35.2 Å². The van der Waals surface area contributed by atoms with Gasteiger partial charge in [0.25, 0.3) is 0 Å². The maximum Gasteiger partial charge on any atom is 0.244 e. The van der Waals surface area contributed by atoms with Crippen molar-refractivity contribution >= 4 is 10.0 Å². The molecule has 0 atom stereocenters. The number of sulfonamides is 1. The van der Waals surface area contributed by atoms with Gasteiger partial charge in [-0.05, 0) is 39.7 Å². The van der Waals surface area contributed by atoms with E-state index >= 15 is 0 Å². The van der Waals surface area contributed by atoms with Crippen LogP contribution in [0, 0.1) is 19.8 Å². The number of hydrogen-bond acceptors (Lipinski definition) is 5. The molecule has 2 rings (SSSR count). The summed E-state index contributed by atoms with van der Waals surface area (Å²) in [6.07, 6.45) is 1.80. The van der Waals surface area contributed by atoms with Gasteiger partial charge in [0.15, 0.2) is 0 Å². The lowest BCUT2D eigenvalue weighted by Crippen LogP contribution is -2.33. The van der Waals surface area contributed by atoms with Crippen LogP contribution >= 0.6 is 0 Å². The van der Waals surface area contributed by atoms with Crippen molar-refractivity contribution in [1.82, 2.24) is 10.0 Å². The maximum absolute atomic E-state index is 12.6. The SMILES string of the molecule is CNCc1c(C)oc(C)c1S(=O)(=O)NCC1CCOCC1. The lowest BCUT2D eigenvalue weighted by molar-refractivity contribution is 0.0678. The van der Waals surface area contributed by atoms with Crippen molar-refractivity contribution < 1.29 is 17.6 Å². The predicted molar refractivity (Wildman–Crippen MR) is 79.7 cm³/mol. The fraction of sp³-hybridized carbons (Fsp3) is 0.714. The molecule has 120 valence electrons. The van der Waals surface area contributed by atoms with Crippen molar-refractivity contribution in [2.45, 2.75) is 38.1 Å². The largest absolute Gasteiger partial charge is 0.465 e. The van der Waals surface area contributed by atoms with E-state index in [-0.39, 0.29) is 4.90 Å². The molecule has 1 fully saturated rings. The molecule has 0 spiro atoms. The highest BCUT2D eigenvalue weighted by molar-refractivity contribution is 7.89. The van der Waals surface area contributed by atoms with Crippen molar-refractivity contribution in [1.29, 1.82) is 0 Å². The summed E-state index contributed by atoms with van der Waals surface area (Å²) in [5, 5.41) is 2.99. The molecule has 2 N–H and O–H groups in total. The van der Waals surface area contributed by atoms with Gasteiger partial charge in [-0.3, -0.25) is 0 Å². The first-order valence-electron chi connectivity index (χ1n) is 7.26. The Morgan fingerprint density at radius 3 is 2.48 bits per heavy atom. The molecule has 1 aliphatic rings. The minimum atomic E-state index is -3.55. The van der Waals surface area contributed by atoms with E-state index in [2.05, 4.69) is 10.0 Å². The van der Waals surface area contributed by atoms with Crippen LogP contribution < -0.4 is 10.0 Å². The van der Waals surface area contributed by atoms with Crippen molar-refractivity contribution in [2.75, 3.05) is 26.8 Å². The second-order valence-electron chi connectivity index (χ2n) is 5.46. The first-order chi connectivity index (χ1) is 9.95. The second kappa shape index (κ2) is 6.91. The van der Waals surface area contributed by atoms with Crippen LogP contribution in [-0.2, 0) is 21.3 Å². The quantitative estimate of drug-likeness (QED) is 0.827. The van der Waals surface area contributed by atoms with Gasteiger partial charge in [0.1, 0.15) is 16.4 Å². The van der Waals surface area contributed by atoms with Gasteiger partial charge < -0.3 is 14.5 Å². The van der Waals surface area contributed by atoms with Gasteiger partial charge in [-0.1, -0.05) is 0 Å². The molecule has 7 heteroatoms. The summed E-state index contributed by atoms with van der Waals surface area (Å²) in [7, 11) is -1.76. The van der Waals surface area contributed by atoms with E-state index in [0.717, 1.165) is 12.8 Å². The van der Waals surface area contributed by atoms with Gasteiger partial charge >= 0.3 is 0 Å². The molecular weight excluding hydrogens is 292 g/mol. The Kier molecular flexibility index (Phi) is 5.43. The van der Waals surface area contributed by atoms with E-state index in [1.165, 1.54) is 0 Å². The third kappa shape index (κ3) is 3.85. The smallest absolute Gasteiger partial charge is 0.244 e. The number of ether oxygens (including phenoxy) is 1. The van der Waals surface area contributed by atoms with E-state index in [4.69, 9.17) is 9.15 Å². The second-order valence-corrected chi connectivity index (χ2v) is 7.16. The summed E-state index contributed by atoms with van der Waals surface area (Å²) in [5.74, 6) is 1.43. The van der Waals surface area contributed by atoms with Crippen molar-refractivity contribution in [3.8, 4) is 0 Å². The van der Waals surface area contributed by atoms with Crippen LogP contribution in [0.1, 0.15) is 29.9 Å². The van der Waals surface area contributed by atoms with Crippen LogP contribution in [0.3, 0.4) is 0 Å². The Labute approximate surface area is 126 Å². The van der Waals surface area contributed by atoms with Gasteiger partial charge in [0.05, 0.1) is 0 Å². The summed E-state index contributed by atoms with van der Waals surface area (Å²) in [4.78, 5) is 0.279. The first-order valence-corrected chi connectivity index (χ1v) is 8.75. The molecule has 0 aromatic carbocycles. The zero-order valence-electron chi connectivity index (χ0n) is 12.9. The topological polar surface area (TPSA) is 80.6 Å². The molecule has 1 aliphatic heterocycles. The highest BCUT2D eigenvalue weighted by Gasteiger charge is 2.27. The Morgan fingerprint density at radius 2 is 1.86 bits per heavy atom. The molecule has 1 aromatic heterocycles. The monoisotopic (exact) mass is 316 g/mol. The van der Waals surface area contributed by atoms with Crippen LogP contribution in [0.25, 0.3) is 0 Å². The summed E-state index contributed by atoms with van der Waals surface area (Å²) >= 11 is 0. The molecule has 0 aliphatic carbocycles. The zero-order chi connectivity index (χ0) is 15.5. The number of nitrogens with one attached hydrogen (secondary N) is 2. The fourth-order valence-corrected chi connectivity index (χ4v) is 4.25. The molecule has 21 heavy (non-hydrogen) atoms. The highest BCUT2D eigenvalue weighted by Crippen LogP contribution is 2.26. The number of rotatable bonds is 6. The molecule has 1 aromatic rings. The summed E-state index contributed by atoms with van der Waals surface area (Å²) in [6.45, 7) is 5.82. The van der Waals surface area contributed by atoms with Crippen LogP contribution in [0.2, 0.25) is 0 Å². The van der Waals surface area contributed by atoms with Gasteiger partial charge in [-0.15, -0.1) is 0 Å². The van der Waals surface area contributed by atoms with E-state index in [1.807, 2.05) is 0 Å². The molecule has 1 saturated heterocycles. The van der Waals surface area contributed by atoms with E-state index in [0.29, 0.717) is 49.3 Å². The lowest BCUT2D eigenvalue weighted by Gasteiger charge is -2.22. The molecule has 6 nitrogen and oxygen atoms in total. The standard InChI is InChI=1S/C14H24N2O4S/c1-10-13(9-15-3)14(11(2)20-10)21(17,18)16-8-12-4-6-19-7-5-12/h12,15-16H,4-9H2,1-3H3. The van der Waals surface area contributed by atoms with Crippen molar-refractivity contribution in [3.05, 3.63) is 17.1 Å². The number of furan rings is 1. The van der Waals surface area contributed by atoms with E-state index in [1.54, 1.807) is 20.9 Å². The van der Waals surface area contributed by atoms with Gasteiger partial charge in [-0.2, -0.15) is 0 Å². The average Bonchev–Trinajstić information content (AvgIpc) is 2.73. The molecule has 0 saturated carbocycles. The predicted octanol–water partition coefficient (Wildman–Crippen LogP) is 1.32. The lowest BCUT2D eigenvalue weighted by atomic mass is 10.0. The normalized spacial score (nSPS) is 17.3. The number of aryl methyl sites for hydroxylation is 2. The molecule has 2 heterocycles. The third-order valence-electron chi connectivity index (χ3n) is 3.85. The Morgan fingerprint density at radius 1 is 1.19 bits per heavy atom. The zero-order valence-corrected chi connectivity index (χ0v) is 13.7. The van der Waals surface area contributed by atoms with Crippen molar-refractivity contribution in [2.24, 2.45) is 5.92 Å². The Balaban J connectivity index is 2.15. The van der Waals surface area contributed by atoms with E-state index in [9.17, 15) is 8.42 Å². The maximum atomic E-state index is 12.6. The fourth-order valence-electron chi connectivity index (χ4n) is 2.69. The molecule has 0 amide bonds. The Bertz CT molecular complexity index is 574. The summed E-state index contributed by atoms with van der Waals surface area (Å²) in [5.41, 5.74) is 0.703. The number of hydrogen-bond donors (Lipinski definition) is 2. The summed E-state index contributed by atoms with van der Waals surface area (Å²) in [6, 6.07) is 0. The minimum Gasteiger partial charge on any atom is -0.465 e. The molecule has 0 unspecified atom stereocenters. The molecule has 0 radical (unpaired) electrons. The average molecular weight is 316 g/mol. The van der Waals surface area contributed by atoms with E-state index < -0.39 is 10.0 Å². The Hall–Kier alpha value is -0.890. The van der Waals surface area contributed by atoms with Crippen LogP contribution in [0.4, 0.5) is 0 Å². The van der Waals surface area contributed by atoms with Crippen molar-refractivity contribution in [3.63, 3.8) is 0 Å². The van der Waals surface area contributed by atoms with Gasteiger partial charge in [0, 0.05) is 31.9 Å². The first kappa shape index (κ1) is 16.5.